The fraction of sp³-hybridized carbons (Fsp3) is 0.538. The summed E-state index contributed by atoms with van der Waals surface area (Å²) in [4.78, 5) is 2.60. The Morgan fingerprint density at radius 1 is 0.931 bits per heavy atom. The minimum absolute atomic E-state index is 0.705. The van der Waals surface area contributed by atoms with E-state index in [2.05, 4.69) is 35.2 Å². The zero-order valence-corrected chi connectivity index (χ0v) is 18.0. The van der Waals surface area contributed by atoms with Crippen LogP contribution in [0.2, 0.25) is 0 Å². The quantitative estimate of drug-likeness (QED) is 0.594. The third-order valence-corrected chi connectivity index (χ3v) is 6.91. The van der Waals surface area contributed by atoms with Crippen molar-refractivity contribution in [3.63, 3.8) is 0 Å². The van der Waals surface area contributed by atoms with Crippen molar-refractivity contribution in [1.82, 2.24) is 4.90 Å². The summed E-state index contributed by atoms with van der Waals surface area (Å²) in [7, 11) is 3.45. The van der Waals surface area contributed by atoms with Crippen LogP contribution in [0.5, 0.6) is 11.5 Å². The minimum atomic E-state index is 0.705. The van der Waals surface area contributed by atoms with E-state index in [9.17, 15) is 0 Å². The van der Waals surface area contributed by atoms with Gasteiger partial charge in [0.1, 0.15) is 11.5 Å². The van der Waals surface area contributed by atoms with Crippen molar-refractivity contribution in [2.24, 2.45) is 5.92 Å². The molecular formula is C26H35NO2. The third kappa shape index (κ3) is 5.14. The molecule has 1 saturated carbocycles. The third-order valence-electron chi connectivity index (χ3n) is 6.91. The van der Waals surface area contributed by atoms with Gasteiger partial charge in [-0.25, -0.2) is 0 Å². The summed E-state index contributed by atoms with van der Waals surface area (Å²) in [5.74, 6) is 3.25. The molecule has 29 heavy (non-hydrogen) atoms. The molecule has 1 aliphatic carbocycles. The topological polar surface area (TPSA) is 21.7 Å². The van der Waals surface area contributed by atoms with E-state index in [0.717, 1.165) is 23.8 Å². The molecular weight excluding hydrogens is 358 g/mol. The van der Waals surface area contributed by atoms with Crippen molar-refractivity contribution in [2.45, 2.75) is 50.9 Å². The lowest BCUT2D eigenvalue weighted by Gasteiger charge is -2.16. The second kappa shape index (κ2) is 9.67. The van der Waals surface area contributed by atoms with Gasteiger partial charge in [-0.3, -0.25) is 0 Å². The van der Waals surface area contributed by atoms with E-state index in [1.54, 1.807) is 14.2 Å². The second-order valence-electron chi connectivity index (χ2n) is 8.80. The second-order valence-corrected chi connectivity index (χ2v) is 8.80. The smallest absolute Gasteiger partial charge is 0.125 e. The standard InChI is InChI=1S/C26H35NO2/c1-28-25-12-11-24(26(19-25)29-2)18-21-7-10-23(17-21)22-8-5-20(6-9-22)13-16-27-14-3-4-15-27/h5-6,8-9,11-12,19,21,23H,3-4,7,10,13-18H2,1-2H3. The first-order valence-electron chi connectivity index (χ1n) is 11.3. The highest BCUT2D eigenvalue weighted by molar-refractivity contribution is 5.41. The van der Waals surface area contributed by atoms with Gasteiger partial charge < -0.3 is 14.4 Å². The normalized spacial score (nSPS) is 22.1. The number of nitrogens with zero attached hydrogens (tertiary/aromatic N) is 1. The molecule has 2 fully saturated rings. The van der Waals surface area contributed by atoms with Crippen molar-refractivity contribution in [3.8, 4) is 11.5 Å². The van der Waals surface area contributed by atoms with Crippen molar-refractivity contribution in [1.29, 1.82) is 0 Å². The van der Waals surface area contributed by atoms with E-state index in [-0.39, 0.29) is 0 Å². The van der Waals surface area contributed by atoms with E-state index in [0.29, 0.717) is 5.92 Å². The van der Waals surface area contributed by atoms with Crippen LogP contribution < -0.4 is 9.47 Å². The van der Waals surface area contributed by atoms with Crippen molar-refractivity contribution >= 4 is 0 Å². The van der Waals surface area contributed by atoms with E-state index in [4.69, 9.17) is 9.47 Å². The van der Waals surface area contributed by atoms with Crippen LogP contribution in [-0.4, -0.2) is 38.8 Å². The van der Waals surface area contributed by atoms with Gasteiger partial charge in [0.25, 0.3) is 0 Å². The van der Waals surface area contributed by atoms with E-state index in [1.165, 1.54) is 74.8 Å². The number of ether oxygens (including phenoxy) is 2. The van der Waals surface area contributed by atoms with Crippen molar-refractivity contribution in [3.05, 3.63) is 59.2 Å². The van der Waals surface area contributed by atoms with Crippen LogP contribution >= 0.6 is 0 Å². The molecule has 156 valence electrons. The average Bonchev–Trinajstić information content (AvgIpc) is 3.45. The van der Waals surface area contributed by atoms with Gasteiger partial charge in [0.2, 0.25) is 0 Å². The first-order valence-corrected chi connectivity index (χ1v) is 11.3. The lowest BCUT2D eigenvalue weighted by atomic mass is 9.92. The van der Waals surface area contributed by atoms with Crippen LogP contribution in [0.3, 0.4) is 0 Å². The molecule has 0 spiro atoms. The van der Waals surface area contributed by atoms with Gasteiger partial charge in [0.05, 0.1) is 14.2 Å². The fourth-order valence-electron chi connectivity index (χ4n) is 5.14. The molecule has 4 rings (SSSR count). The fourth-order valence-corrected chi connectivity index (χ4v) is 5.14. The van der Waals surface area contributed by atoms with Crippen LogP contribution in [0.4, 0.5) is 0 Å². The molecule has 2 unspecified atom stereocenters. The van der Waals surface area contributed by atoms with Crippen LogP contribution in [0, 0.1) is 5.92 Å². The Morgan fingerprint density at radius 2 is 1.72 bits per heavy atom. The molecule has 1 aliphatic heterocycles. The summed E-state index contributed by atoms with van der Waals surface area (Å²) in [6.07, 6.45) is 8.92. The predicted molar refractivity (Wildman–Crippen MR) is 119 cm³/mol. The molecule has 2 aliphatic rings. The summed E-state index contributed by atoms with van der Waals surface area (Å²) in [6, 6.07) is 15.7. The zero-order valence-electron chi connectivity index (χ0n) is 18.0. The molecule has 2 atom stereocenters. The summed E-state index contributed by atoms with van der Waals surface area (Å²) < 4.78 is 10.9. The SMILES string of the molecule is COc1ccc(CC2CCC(c3ccc(CCN4CCCC4)cc3)C2)c(OC)c1. The van der Waals surface area contributed by atoms with Gasteiger partial charge >= 0.3 is 0 Å². The predicted octanol–water partition coefficient (Wildman–Crippen LogP) is 5.47. The Hall–Kier alpha value is -2.00. The number of benzene rings is 2. The maximum atomic E-state index is 5.60. The number of likely N-dealkylation sites (tertiary alicyclic amines) is 1. The van der Waals surface area contributed by atoms with Gasteiger partial charge in [-0.05, 0) is 92.6 Å². The average molecular weight is 394 g/mol. The molecule has 0 amide bonds. The molecule has 1 saturated heterocycles. The van der Waals surface area contributed by atoms with Crippen molar-refractivity contribution in [2.75, 3.05) is 33.9 Å². The molecule has 0 radical (unpaired) electrons. The van der Waals surface area contributed by atoms with Gasteiger partial charge in [0.15, 0.2) is 0 Å². The van der Waals surface area contributed by atoms with Crippen LogP contribution in [-0.2, 0) is 12.8 Å². The number of hydrogen-bond acceptors (Lipinski definition) is 3. The minimum Gasteiger partial charge on any atom is -0.497 e. The van der Waals surface area contributed by atoms with Gasteiger partial charge in [-0.15, -0.1) is 0 Å². The molecule has 2 aromatic rings. The Morgan fingerprint density at radius 3 is 2.45 bits per heavy atom. The molecule has 0 bridgehead atoms. The summed E-state index contributed by atoms with van der Waals surface area (Å²) in [5.41, 5.74) is 4.31. The van der Waals surface area contributed by atoms with Crippen molar-refractivity contribution < 1.29 is 9.47 Å². The van der Waals surface area contributed by atoms with Crippen LogP contribution in [0.1, 0.15) is 54.7 Å². The highest BCUT2D eigenvalue weighted by Crippen LogP contribution is 2.41. The monoisotopic (exact) mass is 393 g/mol. The molecule has 3 nitrogen and oxygen atoms in total. The highest BCUT2D eigenvalue weighted by Gasteiger charge is 2.26. The summed E-state index contributed by atoms with van der Waals surface area (Å²) in [6.45, 7) is 3.80. The molecule has 2 aromatic carbocycles. The number of rotatable bonds is 8. The van der Waals surface area contributed by atoms with E-state index >= 15 is 0 Å². The van der Waals surface area contributed by atoms with Gasteiger partial charge in [-0.1, -0.05) is 30.3 Å². The maximum Gasteiger partial charge on any atom is 0.125 e. The maximum absolute atomic E-state index is 5.60. The van der Waals surface area contributed by atoms with E-state index < -0.39 is 0 Å². The van der Waals surface area contributed by atoms with Crippen LogP contribution in [0.15, 0.2) is 42.5 Å². The summed E-state index contributed by atoms with van der Waals surface area (Å²) in [5, 5.41) is 0. The van der Waals surface area contributed by atoms with E-state index in [1.807, 2.05) is 12.1 Å². The summed E-state index contributed by atoms with van der Waals surface area (Å²) >= 11 is 0. The van der Waals surface area contributed by atoms with Crippen LogP contribution in [0.25, 0.3) is 0 Å². The molecule has 0 aromatic heterocycles. The first kappa shape index (κ1) is 20.3. The Bertz CT molecular complexity index is 780. The Kier molecular flexibility index (Phi) is 6.76. The molecule has 0 N–H and O–H groups in total. The molecule has 1 heterocycles. The zero-order chi connectivity index (χ0) is 20.1. The lowest BCUT2D eigenvalue weighted by Crippen LogP contribution is -2.21. The lowest BCUT2D eigenvalue weighted by molar-refractivity contribution is 0.343. The van der Waals surface area contributed by atoms with Gasteiger partial charge in [0, 0.05) is 12.6 Å². The first-order chi connectivity index (χ1) is 14.2. The Balaban J connectivity index is 1.31. The number of methoxy groups -OCH3 is 2. The van der Waals surface area contributed by atoms with Gasteiger partial charge in [-0.2, -0.15) is 0 Å². The Labute approximate surface area is 176 Å². The largest absolute Gasteiger partial charge is 0.497 e. The molecule has 3 heteroatoms. The highest BCUT2D eigenvalue weighted by atomic mass is 16.5. The number of hydrogen-bond donors (Lipinski definition) is 0.